The summed E-state index contributed by atoms with van der Waals surface area (Å²) in [4.78, 5) is 4.99. The molecule has 0 aliphatic heterocycles. The molecule has 5 N–H and O–H groups in total. The van der Waals surface area contributed by atoms with E-state index in [0.717, 1.165) is 15.6 Å². The number of sulfonamides is 1. The molecule has 5 rings (SSSR count). The maximum absolute atomic E-state index is 15.3. The van der Waals surface area contributed by atoms with Gasteiger partial charge in [-0.2, -0.15) is 0 Å². The molecule has 0 saturated heterocycles. The minimum atomic E-state index is -3.73. The van der Waals surface area contributed by atoms with Crippen LogP contribution in [0.25, 0.3) is 21.3 Å². The second-order valence-corrected chi connectivity index (χ2v) is 12.9. The number of aromatic nitrogens is 1. The fraction of sp³-hybridized carbons (Fsp3) is 0.269. The van der Waals surface area contributed by atoms with Gasteiger partial charge in [-0.05, 0) is 61.0 Å². The molecule has 0 bridgehead atoms. The van der Waals surface area contributed by atoms with E-state index in [1.165, 1.54) is 30.4 Å². The van der Waals surface area contributed by atoms with Gasteiger partial charge in [-0.1, -0.05) is 29.8 Å². The van der Waals surface area contributed by atoms with E-state index in [9.17, 15) is 18.6 Å². The van der Waals surface area contributed by atoms with Crippen molar-refractivity contribution in [1.82, 2.24) is 9.71 Å². The van der Waals surface area contributed by atoms with Crippen molar-refractivity contribution in [3.05, 3.63) is 81.6 Å². The number of nitrogen functional groups attached to an aromatic ring is 1. The molecule has 1 aliphatic carbocycles. The number of thiophene rings is 1. The van der Waals surface area contributed by atoms with Crippen molar-refractivity contribution in [2.45, 2.75) is 36.7 Å². The first kappa shape index (κ1) is 26.0. The number of rotatable bonds is 8. The predicted molar refractivity (Wildman–Crippen MR) is 144 cm³/mol. The number of halogens is 2. The number of aliphatic hydroxyl groups is 2. The van der Waals surface area contributed by atoms with Gasteiger partial charge >= 0.3 is 0 Å². The van der Waals surface area contributed by atoms with Crippen LogP contribution in [-0.4, -0.2) is 35.5 Å². The highest BCUT2D eigenvalue weighted by Crippen LogP contribution is 2.42. The van der Waals surface area contributed by atoms with Gasteiger partial charge in [-0.15, -0.1) is 11.3 Å². The van der Waals surface area contributed by atoms with Crippen molar-refractivity contribution in [2.24, 2.45) is 0 Å². The zero-order chi connectivity index (χ0) is 26.5. The summed E-state index contributed by atoms with van der Waals surface area (Å²) in [5.74, 6) is -0.769. The highest BCUT2D eigenvalue weighted by molar-refractivity contribution is 7.90. The number of anilines is 1. The second kappa shape index (κ2) is 9.61. The molecule has 7 nitrogen and oxygen atoms in total. The largest absolute Gasteiger partial charge is 0.396 e. The molecule has 37 heavy (non-hydrogen) atoms. The standard InChI is InChI=1S/C26H25ClFN3O4S2/c1-26(33,13-32)15-9-10-30-20(12-15)17-4-2-3-14-11-21(36-25(14)17)24(31-37(34,35)16-5-6-16)22-18(27)7-8-19(29)23(22)28/h2-4,7-12,16,24,31-33H,5-6,13,29H2,1H3/t24-,26+/m0/s1. The number of nitrogens with one attached hydrogen (secondary N) is 1. The van der Waals surface area contributed by atoms with Crippen LogP contribution in [0.2, 0.25) is 5.02 Å². The molecule has 2 heterocycles. The van der Waals surface area contributed by atoms with E-state index in [4.69, 9.17) is 17.3 Å². The molecule has 0 unspecified atom stereocenters. The SMILES string of the molecule is C[C@@](O)(CO)c1ccnc(-c2cccc3cc([C@H](NS(=O)(=O)C4CC4)c4c(Cl)ccc(N)c4F)sc23)c1. The summed E-state index contributed by atoms with van der Waals surface area (Å²) >= 11 is 7.68. The number of pyridine rings is 1. The summed E-state index contributed by atoms with van der Waals surface area (Å²) in [6.07, 6.45) is 2.65. The third-order valence-corrected chi connectivity index (χ3v) is 10.00. The minimum absolute atomic E-state index is 0.0295. The summed E-state index contributed by atoms with van der Waals surface area (Å²) in [7, 11) is -3.73. The molecule has 1 aliphatic rings. The lowest BCUT2D eigenvalue weighted by atomic mass is 9.96. The number of benzene rings is 2. The zero-order valence-corrected chi connectivity index (χ0v) is 22.2. The average molecular weight is 562 g/mol. The van der Waals surface area contributed by atoms with Crippen LogP contribution in [0, 0.1) is 5.82 Å². The molecule has 0 spiro atoms. The van der Waals surface area contributed by atoms with Crippen LogP contribution in [0.4, 0.5) is 10.1 Å². The van der Waals surface area contributed by atoms with Crippen molar-refractivity contribution in [2.75, 3.05) is 12.3 Å². The topological polar surface area (TPSA) is 126 Å². The van der Waals surface area contributed by atoms with E-state index in [2.05, 4.69) is 9.71 Å². The number of nitrogens with zero attached hydrogens (tertiary/aromatic N) is 1. The van der Waals surface area contributed by atoms with Crippen LogP contribution in [-0.2, 0) is 15.6 Å². The van der Waals surface area contributed by atoms with E-state index in [1.807, 2.05) is 18.2 Å². The Morgan fingerprint density at radius 3 is 2.73 bits per heavy atom. The molecule has 11 heteroatoms. The maximum atomic E-state index is 15.3. The number of fused-ring (bicyclic) bond motifs is 1. The van der Waals surface area contributed by atoms with Gasteiger partial charge in [-0.25, -0.2) is 17.5 Å². The first-order chi connectivity index (χ1) is 17.5. The zero-order valence-electron chi connectivity index (χ0n) is 19.8. The predicted octanol–water partition coefficient (Wildman–Crippen LogP) is 4.71. The molecule has 1 saturated carbocycles. The van der Waals surface area contributed by atoms with E-state index < -0.39 is 39.3 Å². The smallest absolute Gasteiger partial charge is 0.215 e. The van der Waals surface area contributed by atoms with Crippen LogP contribution in [0.1, 0.15) is 41.8 Å². The Labute approximate surface area is 222 Å². The summed E-state index contributed by atoms with van der Waals surface area (Å²) in [5, 5.41) is 20.4. The van der Waals surface area contributed by atoms with Gasteiger partial charge < -0.3 is 15.9 Å². The van der Waals surface area contributed by atoms with Crippen molar-refractivity contribution in [3.63, 3.8) is 0 Å². The van der Waals surface area contributed by atoms with Crippen LogP contribution in [0.15, 0.2) is 54.7 Å². The third kappa shape index (κ3) is 4.97. The van der Waals surface area contributed by atoms with Crippen molar-refractivity contribution >= 4 is 48.7 Å². The van der Waals surface area contributed by atoms with Crippen LogP contribution in [0.5, 0.6) is 0 Å². The molecule has 2 aromatic heterocycles. The van der Waals surface area contributed by atoms with Crippen LogP contribution < -0.4 is 10.5 Å². The Morgan fingerprint density at radius 1 is 1.27 bits per heavy atom. The van der Waals surface area contributed by atoms with E-state index >= 15 is 4.39 Å². The third-order valence-electron chi connectivity index (χ3n) is 6.50. The Hall–Kier alpha value is -2.60. The number of hydrogen-bond acceptors (Lipinski definition) is 7. The van der Waals surface area contributed by atoms with Gasteiger partial charge in [0.05, 0.1) is 29.3 Å². The molecule has 2 aromatic carbocycles. The molecular weight excluding hydrogens is 537 g/mol. The maximum Gasteiger partial charge on any atom is 0.215 e. The highest BCUT2D eigenvalue weighted by atomic mass is 35.5. The molecule has 0 radical (unpaired) electrons. The van der Waals surface area contributed by atoms with Gasteiger partial charge in [0.2, 0.25) is 10.0 Å². The summed E-state index contributed by atoms with van der Waals surface area (Å²) in [6, 6.07) is 12.4. The summed E-state index contributed by atoms with van der Waals surface area (Å²) < 4.78 is 44.7. The van der Waals surface area contributed by atoms with Gasteiger partial charge in [0.25, 0.3) is 0 Å². The lowest BCUT2D eigenvalue weighted by molar-refractivity contribution is -0.00230. The number of nitrogens with two attached hydrogens (primary N) is 1. The Morgan fingerprint density at radius 2 is 2.03 bits per heavy atom. The van der Waals surface area contributed by atoms with E-state index in [-0.39, 0.29) is 16.3 Å². The second-order valence-electron chi connectivity index (χ2n) is 9.39. The van der Waals surface area contributed by atoms with Gasteiger partial charge in [0, 0.05) is 31.9 Å². The summed E-state index contributed by atoms with van der Waals surface area (Å²) in [5.41, 5.74) is 6.02. The lowest BCUT2D eigenvalue weighted by Gasteiger charge is -2.21. The Kier molecular flexibility index (Phi) is 6.76. The Balaban J connectivity index is 1.67. The average Bonchev–Trinajstić information content (AvgIpc) is 3.65. The first-order valence-corrected chi connectivity index (χ1v) is 14.3. The summed E-state index contributed by atoms with van der Waals surface area (Å²) in [6.45, 7) is 1.05. The van der Waals surface area contributed by atoms with E-state index in [0.29, 0.717) is 29.0 Å². The van der Waals surface area contributed by atoms with Crippen LogP contribution >= 0.6 is 22.9 Å². The number of hydrogen-bond donors (Lipinski definition) is 4. The fourth-order valence-corrected chi connectivity index (χ4v) is 7.28. The minimum Gasteiger partial charge on any atom is -0.396 e. The lowest BCUT2D eigenvalue weighted by Crippen LogP contribution is -2.32. The van der Waals surface area contributed by atoms with Gasteiger partial charge in [-0.3, -0.25) is 4.98 Å². The molecular formula is C26H25ClFN3O4S2. The fourth-order valence-electron chi connectivity index (χ4n) is 4.18. The van der Waals surface area contributed by atoms with E-state index in [1.54, 1.807) is 24.4 Å². The highest BCUT2D eigenvalue weighted by Gasteiger charge is 2.39. The molecule has 1 fully saturated rings. The van der Waals surface area contributed by atoms with Crippen molar-refractivity contribution < 1.29 is 23.0 Å². The normalized spacial score (nSPS) is 16.6. The number of aliphatic hydroxyl groups excluding tert-OH is 1. The van der Waals surface area contributed by atoms with Crippen LogP contribution in [0.3, 0.4) is 0 Å². The van der Waals surface area contributed by atoms with Gasteiger partial charge in [0.1, 0.15) is 5.60 Å². The Bertz CT molecular complexity index is 1600. The molecule has 194 valence electrons. The van der Waals surface area contributed by atoms with Gasteiger partial charge in [0.15, 0.2) is 5.82 Å². The molecule has 0 amide bonds. The monoisotopic (exact) mass is 561 g/mol. The molecule has 4 aromatic rings. The molecule has 2 atom stereocenters. The quantitative estimate of drug-likeness (QED) is 0.231. The van der Waals surface area contributed by atoms with Crippen molar-refractivity contribution in [1.29, 1.82) is 0 Å². The first-order valence-electron chi connectivity index (χ1n) is 11.6. The van der Waals surface area contributed by atoms with Crippen molar-refractivity contribution in [3.8, 4) is 11.3 Å².